The van der Waals surface area contributed by atoms with Gasteiger partial charge in [0.2, 0.25) is 0 Å². The molecule has 32 nitrogen and oxygen atoms in total. The number of aryl methyl sites for hydroxylation is 1. The molecule has 16 aromatic rings. The topological polar surface area (TPSA) is 368 Å². The number of carbonyl (C=O) groups is 5. The number of nitrogens with zero attached hydrogens (tertiary/aromatic N) is 17. The minimum atomic E-state index is -3.01. The first kappa shape index (κ1) is 103. The second-order valence-electron chi connectivity index (χ2n) is 36.8. The fourth-order valence-electron chi connectivity index (χ4n) is 17.0. The van der Waals surface area contributed by atoms with Gasteiger partial charge in [0.25, 0.3) is 29.6 Å². The standard InChI is InChI=1S/C27H30ClN7O.C27H29F2N7O.C27H28FN5O3.C26H26F3N7O/c1-18(2)35-17-30-24(19-4-6-20(28)7-5-19)25(35)26-29-16-23(32-26)27(36)31-21-8-10-22(11-9-21)34-14-12-33(3)13-15-34;1-17(2)36-16-31-24(18-4-9-21(28)22(29)14-18)25(36)26-30-15-23(33-26)27(37)32-19-5-7-20(8-6-19)35-12-10-34(3)11-13-35;1-17(2)33-16-30-24(19-9-11-20(28)12-10-19)25(33)26-29-15-22(32-26)27(36)31-21-13-7-18(8-14-21)5-3-4-6-23(34)35;1-26(28,29)15-36-16-32-22(17-2-4-18(27)5-3-17)23(36)24-31-14-21(34-24)25(37)33-19-6-8-20(9-7-19)35-12-10-30-11-13-35/h4-11,16-18H,12-15H2,1-3H3,(H,29,32)(H,31,36);4-9,14-17H,10-13H2,1-3H3,(H,30,33)(H,32,37);7-17H,3-6H2,1-2H3,(H,29,32)(H,31,36)(H,34,35);2-9,14,16,30H,10-13,15H2,1H3,(H,31,34)(H,33,37). The fraction of sp³-hybridized carbons (Fsp3) is 0.280. The number of H-pyrrole nitrogens is 4. The van der Waals surface area contributed by atoms with Crippen LogP contribution in [0.2, 0.25) is 5.02 Å². The molecule has 0 saturated carbocycles. The number of likely N-dealkylation sites (N-methyl/N-ethyl adjacent to an activating group) is 2. The molecule has 0 unspecified atom stereocenters. The molecule has 756 valence electrons. The average Bonchev–Trinajstić information content (AvgIpc) is 1.62. The predicted molar refractivity (Wildman–Crippen MR) is 555 cm³/mol. The zero-order valence-corrected chi connectivity index (χ0v) is 82.8. The van der Waals surface area contributed by atoms with Crippen LogP contribution in [-0.4, -0.2) is 221 Å². The molecule has 3 aliphatic rings. The van der Waals surface area contributed by atoms with E-state index in [9.17, 15) is 50.3 Å². The Balaban J connectivity index is 0.000000139. The Kier molecular flexibility index (Phi) is 32.8. The molecule has 3 aliphatic heterocycles. The Morgan fingerprint density at radius 2 is 0.712 bits per heavy atom. The number of carboxylic acids is 1. The summed E-state index contributed by atoms with van der Waals surface area (Å²) in [6.45, 7) is 24.1. The number of nitrogens with one attached hydrogen (secondary N) is 9. The van der Waals surface area contributed by atoms with Crippen LogP contribution in [0.15, 0.2) is 238 Å². The molecule has 0 spiro atoms. The monoisotopic (exact) mass is 2010 g/mol. The molecular weight excluding hydrogens is 1890 g/mol. The summed E-state index contributed by atoms with van der Waals surface area (Å²) < 4.78 is 89.3. The quantitative estimate of drug-likeness (QED) is 0.0154. The van der Waals surface area contributed by atoms with E-state index in [2.05, 4.69) is 151 Å². The molecule has 39 heteroatoms. The van der Waals surface area contributed by atoms with Gasteiger partial charge in [0.1, 0.15) is 57.2 Å². The Labute approximate surface area is 844 Å². The summed E-state index contributed by atoms with van der Waals surface area (Å²) in [4.78, 5) is 122. The maximum absolute atomic E-state index is 13.9. The second-order valence-corrected chi connectivity index (χ2v) is 37.2. The molecule has 0 atom stereocenters. The van der Waals surface area contributed by atoms with Gasteiger partial charge in [0.15, 0.2) is 34.9 Å². The SMILES string of the molecule is CC(C)n1cnc(-c2ccc(Cl)cc2)c1-c1ncc(C(=O)Nc2ccc(N3CCN(C)CC3)cc2)[nH]1.CC(C)n1cnc(-c2ccc(F)c(F)c2)c1-c1ncc(C(=O)Nc2ccc(N3CCN(C)CC3)cc2)[nH]1.CC(C)n1cnc(-c2ccc(F)cc2)c1-c1ncc(C(=O)Nc2ccc(CCCCC(=O)O)cc2)[nH]1.CC(F)(F)Cn1cnc(-c2ccc(F)cc2)c1-c1ncc(C(=O)Nc2ccc(N3CCNCC3)cc2)[nH]1. The van der Waals surface area contributed by atoms with Gasteiger partial charge in [-0.25, -0.2) is 66.2 Å². The van der Waals surface area contributed by atoms with Crippen molar-refractivity contribution in [1.82, 2.24) is 93.2 Å². The Morgan fingerprint density at radius 3 is 1.06 bits per heavy atom. The van der Waals surface area contributed by atoms with E-state index < -0.39 is 41.8 Å². The normalized spacial score (nSPS) is 13.5. The van der Waals surface area contributed by atoms with E-state index in [4.69, 9.17) is 16.7 Å². The van der Waals surface area contributed by atoms with Gasteiger partial charge in [0, 0.05) is 177 Å². The third kappa shape index (κ3) is 25.8. The number of aliphatic carboxylic acids is 1. The van der Waals surface area contributed by atoms with Crippen molar-refractivity contribution in [3.8, 4) is 91.1 Å². The van der Waals surface area contributed by atoms with Crippen molar-refractivity contribution in [3.63, 3.8) is 0 Å². The van der Waals surface area contributed by atoms with E-state index in [0.717, 1.165) is 156 Å². The summed E-state index contributed by atoms with van der Waals surface area (Å²) in [5, 5.41) is 24.3. The summed E-state index contributed by atoms with van der Waals surface area (Å²) in [5.74, 6) is -6.11. The molecule has 11 heterocycles. The van der Waals surface area contributed by atoms with Gasteiger partial charge in [-0.05, 0) is 244 Å². The number of anilines is 7. The Morgan fingerprint density at radius 1 is 0.390 bits per heavy atom. The van der Waals surface area contributed by atoms with E-state index in [-0.39, 0.29) is 71.0 Å². The Bertz CT molecular complexity index is 7150. The lowest BCUT2D eigenvalue weighted by Gasteiger charge is -2.34. The summed E-state index contributed by atoms with van der Waals surface area (Å²) >= 11 is 6.08. The first-order chi connectivity index (χ1) is 70.3. The van der Waals surface area contributed by atoms with Crippen molar-refractivity contribution < 1.29 is 55.4 Å². The van der Waals surface area contributed by atoms with Gasteiger partial charge >= 0.3 is 5.97 Å². The van der Waals surface area contributed by atoms with Crippen molar-refractivity contribution in [2.45, 2.75) is 105 Å². The number of alkyl halides is 2. The molecule has 19 rings (SSSR count). The third-order valence-corrected chi connectivity index (χ3v) is 25.2. The number of benzene rings is 8. The number of halogens is 7. The van der Waals surface area contributed by atoms with Crippen LogP contribution in [0.5, 0.6) is 0 Å². The highest BCUT2D eigenvalue weighted by Crippen LogP contribution is 2.39. The minimum absolute atomic E-state index is 0.0164. The van der Waals surface area contributed by atoms with Crippen LogP contribution in [-0.2, 0) is 17.8 Å². The zero-order valence-electron chi connectivity index (χ0n) is 82.0. The molecular formula is C107H113ClF6N26O6. The molecule has 10 N–H and O–H groups in total. The van der Waals surface area contributed by atoms with Crippen molar-refractivity contribution in [3.05, 3.63) is 295 Å². The molecule has 0 radical (unpaired) electrons. The van der Waals surface area contributed by atoms with Crippen LogP contribution in [0.3, 0.4) is 0 Å². The molecule has 8 aromatic heterocycles. The van der Waals surface area contributed by atoms with Crippen molar-refractivity contribution in [2.75, 3.05) is 129 Å². The summed E-state index contributed by atoms with van der Waals surface area (Å²) in [5.41, 5.74) is 15.4. The van der Waals surface area contributed by atoms with Gasteiger partial charge in [0.05, 0.1) is 79.4 Å². The van der Waals surface area contributed by atoms with E-state index in [1.165, 1.54) is 77.6 Å². The maximum Gasteiger partial charge on any atom is 0.303 e. The van der Waals surface area contributed by atoms with Crippen molar-refractivity contribution in [2.24, 2.45) is 0 Å². The van der Waals surface area contributed by atoms with E-state index >= 15 is 0 Å². The lowest BCUT2D eigenvalue weighted by molar-refractivity contribution is -0.137. The zero-order chi connectivity index (χ0) is 103. The lowest BCUT2D eigenvalue weighted by atomic mass is 10.1. The van der Waals surface area contributed by atoms with Crippen molar-refractivity contribution in [1.29, 1.82) is 0 Å². The molecule has 4 amide bonds. The van der Waals surface area contributed by atoms with Crippen LogP contribution in [0.1, 0.15) is 133 Å². The number of unbranched alkanes of at least 4 members (excludes halogenated alkanes) is 1. The van der Waals surface area contributed by atoms with Gasteiger partial charge in [-0.3, -0.25) is 24.0 Å². The molecule has 146 heavy (non-hydrogen) atoms. The number of piperazine rings is 3. The predicted octanol–water partition coefficient (Wildman–Crippen LogP) is 20.1. The molecule has 0 aliphatic carbocycles. The number of carbonyl (C=O) groups excluding carboxylic acids is 4. The number of aromatic amines is 4. The third-order valence-electron chi connectivity index (χ3n) is 25.0. The largest absolute Gasteiger partial charge is 0.481 e. The number of aromatic nitrogens is 16. The van der Waals surface area contributed by atoms with Crippen LogP contribution in [0, 0.1) is 23.3 Å². The van der Waals surface area contributed by atoms with Crippen LogP contribution in [0.4, 0.5) is 66.2 Å². The van der Waals surface area contributed by atoms with Gasteiger partial charge in [-0.1, -0.05) is 35.9 Å². The van der Waals surface area contributed by atoms with Crippen molar-refractivity contribution >= 4 is 81.0 Å². The lowest BCUT2D eigenvalue weighted by Crippen LogP contribution is -2.44. The van der Waals surface area contributed by atoms with E-state index in [0.29, 0.717) is 97.0 Å². The minimum Gasteiger partial charge on any atom is -0.481 e. The number of rotatable bonds is 29. The van der Waals surface area contributed by atoms with Gasteiger partial charge < -0.3 is 94.4 Å². The number of amides is 4. The molecule has 3 saturated heterocycles. The highest BCUT2D eigenvalue weighted by Gasteiger charge is 2.31. The van der Waals surface area contributed by atoms with Gasteiger partial charge in [-0.2, -0.15) is 0 Å². The fourth-order valence-corrected chi connectivity index (χ4v) is 17.1. The summed E-state index contributed by atoms with van der Waals surface area (Å²) in [6.07, 6.45) is 14.6. The second kappa shape index (κ2) is 46.5. The maximum atomic E-state index is 13.9. The number of carboxylic acid groups (broad SMARTS) is 1. The summed E-state index contributed by atoms with van der Waals surface area (Å²) in [7, 11) is 4.27. The number of hydrogen-bond donors (Lipinski definition) is 10. The first-order valence-electron chi connectivity index (χ1n) is 48.0. The van der Waals surface area contributed by atoms with Crippen LogP contribution in [0.25, 0.3) is 91.1 Å². The van der Waals surface area contributed by atoms with Crippen LogP contribution >= 0.6 is 11.6 Å². The molecule has 8 aromatic carbocycles. The smallest absolute Gasteiger partial charge is 0.303 e. The highest BCUT2D eigenvalue weighted by atomic mass is 35.5. The Hall–Kier alpha value is -16.1. The van der Waals surface area contributed by atoms with Crippen LogP contribution < -0.4 is 41.3 Å². The highest BCUT2D eigenvalue weighted by molar-refractivity contribution is 6.30. The van der Waals surface area contributed by atoms with E-state index in [1.54, 1.807) is 37.3 Å². The number of hydrogen-bond acceptors (Lipinski definition) is 19. The van der Waals surface area contributed by atoms with E-state index in [1.807, 2.05) is 151 Å². The number of imidazole rings is 8. The summed E-state index contributed by atoms with van der Waals surface area (Å²) in [6, 6.07) is 53.9. The average molecular weight is 2010 g/mol. The molecule has 0 bridgehead atoms. The first-order valence-corrected chi connectivity index (χ1v) is 48.4. The van der Waals surface area contributed by atoms with Gasteiger partial charge in [-0.15, -0.1) is 0 Å². The molecule has 3 fully saturated rings.